The normalized spacial score (nSPS) is 21.2. The Balaban J connectivity index is 2.28. The standard InChI is InChI=1S/C10H9F3IN/c11-10(12,13)9-4-6-2-1-3-8(14)7(6)5-15-9/h1-3,9,15H,4-5H2/t9-/m1/s1. The molecule has 0 saturated carbocycles. The zero-order valence-corrected chi connectivity index (χ0v) is 9.89. The average molecular weight is 327 g/mol. The van der Waals surface area contributed by atoms with Gasteiger partial charge in [-0.3, -0.25) is 0 Å². The third-order valence-electron chi connectivity index (χ3n) is 2.56. The highest BCUT2D eigenvalue weighted by atomic mass is 127. The largest absolute Gasteiger partial charge is 0.404 e. The summed E-state index contributed by atoms with van der Waals surface area (Å²) in [6.45, 7) is 0.304. The molecule has 0 spiro atoms. The minimum Gasteiger partial charge on any atom is -0.302 e. The number of hydrogen-bond acceptors (Lipinski definition) is 1. The maximum absolute atomic E-state index is 12.5. The smallest absolute Gasteiger partial charge is 0.302 e. The number of alkyl halides is 3. The average Bonchev–Trinajstić information content (AvgIpc) is 2.16. The lowest BCUT2D eigenvalue weighted by Crippen LogP contribution is -2.46. The third-order valence-corrected chi connectivity index (χ3v) is 3.57. The first-order valence-electron chi connectivity index (χ1n) is 4.55. The molecule has 1 aromatic carbocycles. The highest BCUT2D eigenvalue weighted by molar-refractivity contribution is 14.1. The van der Waals surface area contributed by atoms with Gasteiger partial charge in [-0.05, 0) is 46.2 Å². The highest BCUT2D eigenvalue weighted by Crippen LogP contribution is 2.29. The number of halogens is 4. The summed E-state index contributed by atoms with van der Waals surface area (Å²) in [5.74, 6) is 0. The molecule has 1 nitrogen and oxygen atoms in total. The summed E-state index contributed by atoms with van der Waals surface area (Å²) in [4.78, 5) is 0. The van der Waals surface area contributed by atoms with Gasteiger partial charge >= 0.3 is 6.18 Å². The van der Waals surface area contributed by atoms with E-state index in [2.05, 4.69) is 27.9 Å². The zero-order chi connectivity index (χ0) is 11.1. The van der Waals surface area contributed by atoms with E-state index in [1.807, 2.05) is 6.07 Å². The van der Waals surface area contributed by atoms with Crippen LogP contribution in [0, 0.1) is 3.57 Å². The van der Waals surface area contributed by atoms with Crippen LogP contribution in [0.2, 0.25) is 0 Å². The Bertz CT molecular complexity index is 375. The van der Waals surface area contributed by atoms with E-state index in [9.17, 15) is 13.2 Å². The zero-order valence-electron chi connectivity index (χ0n) is 7.74. The quantitative estimate of drug-likeness (QED) is 0.723. The number of hydrogen-bond donors (Lipinski definition) is 1. The molecule has 1 heterocycles. The van der Waals surface area contributed by atoms with Crippen LogP contribution < -0.4 is 5.32 Å². The first-order chi connectivity index (χ1) is 6.98. The van der Waals surface area contributed by atoms with Crippen molar-refractivity contribution in [2.75, 3.05) is 0 Å². The molecule has 0 saturated heterocycles. The maximum atomic E-state index is 12.5. The van der Waals surface area contributed by atoms with Gasteiger partial charge in [0.15, 0.2) is 0 Å². The fourth-order valence-electron chi connectivity index (χ4n) is 1.74. The molecule has 0 bridgehead atoms. The third kappa shape index (κ3) is 2.28. The van der Waals surface area contributed by atoms with Crippen molar-refractivity contribution in [2.24, 2.45) is 0 Å². The molecule has 1 N–H and O–H groups in total. The van der Waals surface area contributed by atoms with E-state index in [4.69, 9.17) is 0 Å². The van der Waals surface area contributed by atoms with Gasteiger partial charge in [-0.1, -0.05) is 12.1 Å². The first kappa shape index (κ1) is 11.2. The summed E-state index contributed by atoms with van der Waals surface area (Å²) < 4.78 is 38.4. The molecule has 0 amide bonds. The molecule has 1 aliphatic heterocycles. The van der Waals surface area contributed by atoms with Gasteiger partial charge in [0.05, 0.1) is 0 Å². The lowest BCUT2D eigenvalue weighted by molar-refractivity contribution is -0.157. The van der Waals surface area contributed by atoms with Crippen molar-refractivity contribution in [1.82, 2.24) is 5.32 Å². The SMILES string of the molecule is FC(F)(F)[C@H]1Cc2cccc(I)c2CN1. The van der Waals surface area contributed by atoms with E-state index in [0.717, 1.165) is 14.7 Å². The molecule has 1 aliphatic rings. The minimum atomic E-state index is -4.15. The monoisotopic (exact) mass is 327 g/mol. The van der Waals surface area contributed by atoms with Crippen LogP contribution in [0.5, 0.6) is 0 Å². The van der Waals surface area contributed by atoms with Crippen LogP contribution in [0.1, 0.15) is 11.1 Å². The van der Waals surface area contributed by atoms with E-state index in [1.54, 1.807) is 12.1 Å². The number of fused-ring (bicyclic) bond motifs is 1. The predicted octanol–water partition coefficient (Wildman–Crippen LogP) is 2.87. The van der Waals surface area contributed by atoms with Gasteiger partial charge < -0.3 is 5.32 Å². The van der Waals surface area contributed by atoms with Crippen molar-refractivity contribution in [2.45, 2.75) is 25.2 Å². The molecular weight excluding hydrogens is 318 g/mol. The lowest BCUT2D eigenvalue weighted by Gasteiger charge is -2.28. The van der Waals surface area contributed by atoms with Crippen LogP contribution >= 0.6 is 22.6 Å². The van der Waals surface area contributed by atoms with Crippen molar-refractivity contribution in [3.8, 4) is 0 Å². The Morgan fingerprint density at radius 3 is 2.73 bits per heavy atom. The van der Waals surface area contributed by atoms with Crippen molar-refractivity contribution in [1.29, 1.82) is 0 Å². The van der Waals surface area contributed by atoms with Gasteiger partial charge in [0.2, 0.25) is 0 Å². The lowest BCUT2D eigenvalue weighted by atomic mass is 9.96. The van der Waals surface area contributed by atoms with Crippen LogP contribution in [0.4, 0.5) is 13.2 Å². The fourth-order valence-corrected chi connectivity index (χ4v) is 2.49. The van der Waals surface area contributed by atoms with Crippen LogP contribution in [0.3, 0.4) is 0 Å². The van der Waals surface area contributed by atoms with E-state index in [0.29, 0.717) is 6.54 Å². The van der Waals surface area contributed by atoms with Gasteiger partial charge in [0, 0.05) is 10.1 Å². The van der Waals surface area contributed by atoms with Gasteiger partial charge in [0.25, 0.3) is 0 Å². The summed E-state index contributed by atoms with van der Waals surface area (Å²) >= 11 is 2.15. The highest BCUT2D eigenvalue weighted by Gasteiger charge is 2.41. The molecule has 0 unspecified atom stereocenters. The Hall–Kier alpha value is -0.300. The van der Waals surface area contributed by atoms with Crippen molar-refractivity contribution in [3.63, 3.8) is 0 Å². The fraction of sp³-hybridized carbons (Fsp3) is 0.400. The Labute approximate surface area is 99.2 Å². The van der Waals surface area contributed by atoms with Crippen LogP contribution in [-0.4, -0.2) is 12.2 Å². The Kier molecular flexibility index (Phi) is 2.94. The second-order valence-electron chi connectivity index (χ2n) is 3.56. The molecule has 15 heavy (non-hydrogen) atoms. The predicted molar refractivity (Wildman–Crippen MR) is 59.5 cm³/mol. The van der Waals surface area contributed by atoms with Crippen molar-refractivity contribution < 1.29 is 13.2 Å². The molecule has 1 atom stereocenters. The van der Waals surface area contributed by atoms with E-state index >= 15 is 0 Å². The van der Waals surface area contributed by atoms with E-state index < -0.39 is 12.2 Å². The topological polar surface area (TPSA) is 12.0 Å². The number of benzene rings is 1. The molecule has 1 aromatic rings. The Morgan fingerprint density at radius 2 is 2.07 bits per heavy atom. The van der Waals surface area contributed by atoms with Crippen LogP contribution in [-0.2, 0) is 13.0 Å². The summed E-state index contributed by atoms with van der Waals surface area (Å²) in [5.41, 5.74) is 1.81. The Morgan fingerprint density at radius 1 is 1.33 bits per heavy atom. The van der Waals surface area contributed by atoms with Gasteiger partial charge in [0.1, 0.15) is 6.04 Å². The summed E-state index contributed by atoms with van der Waals surface area (Å²) in [5, 5.41) is 2.53. The van der Waals surface area contributed by atoms with Gasteiger partial charge in [-0.15, -0.1) is 0 Å². The second-order valence-corrected chi connectivity index (χ2v) is 4.72. The number of rotatable bonds is 0. The van der Waals surface area contributed by atoms with Gasteiger partial charge in [-0.2, -0.15) is 13.2 Å². The van der Waals surface area contributed by atoms with Crippen molar-refractivity contribution in [3.05, 3.63) is 32.9 Å². The molecule has 0 radical (unpaired) electrons. The van der Waals surface area contributed by atoms with E-state index in [-0.39, 0.29) is 6.42 Å². The molecular formula is C10H9F3IN. The molecule has 0 aliphatic carbocycles. The van der Waals surface area contributed by atoms with Crippen LogP contribution in [0.15, 0.2) is 18.2 Å². The summed E-state index contributed by atoms with van der Waals surface area (Å²) in [7, 11) is 0. The molecule has 82 valence electrons. The molecule has 0 aromatic heterocycles. The second kappa shape index (κ2) is 3.93. The molecule has 0 fully saturated rings. The molecule has 5 heteroatoms. The van der Waals surface area contributed by atoms with Crippen molar-refractivity contribution >= 4 is 22.6 Å². The maximum Gasteiger partial charge on any atom is 0.404 e. The van der Waals surface area contributed by atoms with E-state index in [1.165, 1.54) is 0 Å². The number of nitrogens with one attached hydrogen (secondary N) is 1. The minimum absolute atomic E-state index is 0.0374. The summed E-state index contributed by atoms with van der Waals surface area (Å²) in [6, 6.07) is 4.09. The van der Waals surface area contributed by atoms with Gasteiger partial charge in [-0.25, -0.2) is 0 Å². The summed E-state index contributed by atoms with van der Waals surface area (Å²) in [6.07, 6.45) is -4.12. The first-order valence-corrected chi connectivity index (χ1v) is 5.62. The molecule has 2 rings (SSSR count). The van der Waals surface area contributed by atoms with Crippen LogP contribution in [0.25, 0.3) is 0 Å².